The Morgan fingerprint density at radius 2 is 1.67 bits per heavy atom. The lowest BCUT2D eigenvalue weighted by Crippen LogP contribution is -2.52. The predicted octanol–water partition coefficient (Wildman–Crippen LogP) is 5.30. The number of rotatable bonds is 11. The maximum atomic E-state index is 13.8. The van der Waals surface area contributed by atoms with Gasteiger partial charge < -0.3 is 10.2 Å². The molecule has 0 heterocycles. The smallest absolute Gasteiger partial charge is 0.244 e. The minimum atomic E-state index is -3.87. The lowest BCUT2D eigenvalue weighted by atomic mass is 10.1. The third-order valence-corrected chi connectivity index (χ3v) is 7.65. The van der Waals surface area contributed by atoms with Crippen LogP contribution in [0.4, 0.5) is 5.69 Å². The highest BCUT2D eigenvalue weighted by atomic mass is 35.5. The van der Waals surface area contributed by atoms with Gasteiger partial charge in [0.05, 0.1) is 11.9 Å². The van der Waals surface area contributed by atoms with E-state index in [1.165, 1.54) is 11.0 Å². The van der Waals surface area contributed by atoms with Crippen molar-refractivity contribution in [2.24, 2.45) is 5.92 Å². The quantitative estimate of drug-likeness (QED) is 0.393. The first-order valence-corrected chi connectivity index (χ1v) is 14.5. The molecule has 11 heteroatoms. The third-order valence-electron chi connectivity index (χ3n) is 5.58. The Hall–Kier alpha value is -2.00. The largest absolute Gasteiger partial charge is 0.354 e. The number of benzene rings is 2. The molecule has 0 bridgehead atoms. The van der Waals surface area contributed by atoms with E-state index in [0.29, 0.717) is 39.2 Å². The fourth-order valence-electron chi connectivity index (χ4n) is 3.64. The van der Waals surface area contributed by atoms with Crippen molar-refractivity contribution in [3.8, 4) is 0 Å². The van der Waals surface area contributed by atoms with Crippen LogP contribution in [0.2, 0.25) is 15.1 Å². The molecule has 2 amide bonds. The molecule has 36 heavy (non-hydrogen) atoms. The van der Waals surface area contributed by atoms with Crippen LogP contribution in [0, 0.1) is 12.8 Å². The summed E-state index contributed by atoms with van der Waals surface area (Å²) in [5.41, 5.74) is 1.38. The van der Waals surface area contributed by atoms with E-state index in [1.807, 2.05) is 13.8 Å². The van der Waals surface area contributed by atoms with E-state index in [0.717, 1.165) is 10.6 Å². The van der Waals surface area contributed by atoms with Crippen LogP contribution in [-0.4, -0.2) is 50.5 Å². The van der Waals surface area contributed by atoms with E-state index < -0.39 is 28.5 Å². The molecular formula is C25H32Cl3N3O4S. The van der Waals surface area contributed by atoms with Crippen molar-refractivity contribution in [2.75, 3.05) is 23.7 Å². The number of hydrogen-bond acceptors (Lipinski definition) is 4. The molecule has 0 saturated heterocycles. The highest BCUT2D eigenvalue weighted by Crippen LogP contribution is 2.29. The van der Waals surface area contributed by atoms with Crippen LogP contribution in [0.25, 0.3) is 0 Å². The molecule has 0 aliphatic rings. The highest BCUT2D eigenvalue weighted by Gasteiger charge is 2.33. The zero-order valence-corrected chi connectivity index (χ0v) is 24.1. The summed E-state index contributed by atoms with van der Waals surface area (Å²) in [5.74, 6) is -0.713. The molecule has 2 aromatic rings. The SMILES string of the molecule is CCC(C(=O)NCC(C)C)N(Cc1c(Cl)cccc1Cl)C(=O)CN(c1cc(Cl)ccc1C)S(C)(=O)=O. The number of amides is 2. The zero-order valence-electron chi connectivity index (χ0n) is 21.0. The van der Waals surface area contributed by atoms with Crippen LogP contribution in [0.1, 0.15) is 38.3 Å². The number of nitrogens with zero attached hydrogens (tertiary/aromatic N) is 2. The van der Waals surface area contributed by atoms with Gasteiger partial charge in [0.2, 0.25) is 21.8 Å². The first kappa shape index (κ1) is 30.2. The number of carbonyl (C=O) groups is 2. The van der Waals surface area contributed by atoms with Crippen molar-refractivity contribution in [1.29, 1.82) is 0 Å². The van der Waals surface area contributed by atoms with Gasteiger partial charge in [0.25, 0.3) is 0 Å². The predicted molar refractivity (Wildman–Crippen MR) is 147 cm³/mol. The van der Waals surface area contributed by atoms with Crippen LogP contribution in [0.15, 0.2) is 36.4 Å². The second-order valence-electron chi connectivity index (χ2n) is 8.99. The molecular weight excluding hydrogens is 545 g/mol. The molecule has 0 aromatic heterocycles. The molecule has 0 radical (unpaired) electrons. The fourth-order valence-corrected chi connectivity index (χ4v) is 5.22. The standard InChI is InChI=1S/C25H32Cl3N3O4S/c1-6-22(25(33)29-13-16(2)3)30(14-19-20(27)8-7-9-21(19)28)24(32)15-31(36(5,34)35)23-12-18(26)11-10-17(23)4/h7-12,16,22H,6,13-15H2,1-5H3,(H,29,33). The van der Waals surface area contributed by atoms with E-state index >= 15 is 0 Å². The molecule has 1 unspecified atom stereocenters. The van der Waals surface area contributed by atoms with E-state index in [-0.39, 0.29) is 24.1 Å². The number of aryl methyl sites for hydroxylation is 1. The number of halogens is 3. The molecule has 198 valence electrons. The molecule has 1 N–H and O–H groups in total. The minimum Gasteiger partial charge on any atom is -0.354 e. The lowest BCUT2D eigenvalue weighted by molar-refractivity contribution is -0.140. The van der Waals surface area contributed by atoms with Gasteiger partial charge in [-0.3, -0.25) is 13.9 Å². The average Bonchev–Trinajstić information content (AvgIpc) is 2.78. The second-order valence-corrected chi connectivity index (χ2v) is 12.1. The first-order valence-electron chi connectivity index (χ1n) is 11.5. The van der Waals surface area contributed by atoms with Crippen molar-refractivity contribution < 1.29 is 18.0 Å². The Morgan fingerprint density at radius 1 is 1.06 bits per heavy atom. The van der Waals surface area contributed by atoms with Gasteiger partial charge in [-0.25, -0.2) is 8.42 Å². The molecule has 2 rings (SSSR count). The Morgan fingerprint density at radius 3 is 2.19 bits per heavy atom. The van der Waals surface area contributed by atoms with E-state index in [4.69, 9.17) is 34.8 Å². The molecule has 0 aliphatic heterocycles. The third kappa shape index (κ3) is 8.00. The van der Waals surface area contributed by atoms with Gasteiger partial charge in [-0.1, -0.05) is 67.7 Å². The normalized spacial score (nSPS) is 12.4. The maximum absolute atomic E-state index is 13.8. The van der Waals surface area contributed by atoms with Gasteiger partial charge in [-0.2, -0.15) is 0 Å². The summed E-state index contributed by atoms with van der Waals surface area (Å²) in [7, 11) is -3.87. The number of carbonyl (C=O) groups excluding carboxylic acids is 2. The van der Waals surface area contributed by atoms with Crippen molar-refractivity contribution in [1.82, 2.24) is 10.2 Å². The zero-order chi connectivity index (χ0) is 27.2. The van der Waals surface area contributed by atoms with Crippen molar-refractivity contribution in [3.63, 3.8) is 0 Å². The molecule has 0 saturated carbocycles. The Kier molecular flexibility index (Phi) is 10.9. The number of anilines is 1. The van der Waals surface area contributed by atoms with E-state index in [1.54, 1.807) is 44.2 Å². The van der Waals surface area contributed by atoms with Crippen LogP contribution < -0.4 is 9.62 Å². The molecule has 0 spiro atoms. The molecule has 0 fully saturated rings. The number of sulfonamides is 1. The summed E-state index contributed by atoms with van der Waals surface area (Å²) in [6.45, 7) is 7.26. The van der Waals surface area contributed by atoms with Gasteiger partial charge in [0, 0.05) is 33.7 Å². The van der Waals surface area contributed by atoms with Crippen LogP contribution >= 0.6 is 34.8 Å². The molecule has 7 nitrogen and oxygen atoms in total. The van der Waals surface area contributed by atoms with Gasteiger partial charge in [0.15, 0.2) is 0 Å². The fraction of sp³-hybridized carbons (Fsp3) is 0.440. The lowest BCUT2D eigenvalue weighted by Gasteiger charge is -2.33. The number of hydrogen-bond donors (Lipinski definition) is 1. The van der Waals surface area contributed by atoms with Crippen LogP contribution in [-0.2, 0) is 26.2 Å². The van der Waals surface area contributed by atoms with Gasteiger partial charge in [-0.15, -0.1) is 0 Å². The topological polar surface area (TPSA) is 86.8 Å². The van der Waals surface area contributed by atoms with Gasteiger partial charge >= 0.3 is 0 Å². The molecule has 2 aromatic carbocycles. The Balaban J connectivity index is 2.53. The molecule has 1 atom stereocenters. The summed E-state index contributed by atoms with van der Waals surface area (Å²) in [5, 5.41) is 3.87. The first-order chi connectivity index (χ1) is 16.8. The monoisotopic (exact) mass is 575 g/mol. The average molecular weight is 577 g/mol. The summed E-state index contributed by atoms with van der Waals surface area (Å²) < 4.78 is 26.5. The minimum absolute atomic E-state index is 0.0723. The van der Waals surface area contributed by atoms with Crippen molar-refractivity contribution >= 4 is 62.3 Å². The summed E-state index contributed by atoms with van der Waals surface area (Å²) >= 11 is 18.9. The van der Waals surface area contributed by atoms with E-state index in [9.17, 15) is 18.0 Å². The Labute approximate surface area is 228 Å². The summed E-state index contributed by atoms with van der Waals surface area (Å²) in [4.78, 5) is 28.2. The Bertz CT molecular complexity index is 1180. The molecule has 0 aliphatic carbocycles. The van der Waals surface area contributed by atoms with Crippen molar-refractivity contribution in [2.45, 2.75) is 46.7 Å². The summed E-state index contributed by atoms with van der Waals surface area (Å²) in [6, 6.07) is 8.90. The van der Waals surface area contributed by atoms with Gasteiger partial charge in [-0.05, 0) is 49.1 Å². The maximum Gasteiger partial charge on any atom is 0.244 e. The van der Waals surface area contributed by atoms with Crippen LogP contribution in [0.5, 0.6) is 0 Å². The number of nitrogens with one attached hydrogen (secondary N) is 1. The highest BCUT2D eigenvalue weighted by molar-refractivity contribution is 7.92. The van der Waals surface area contributed by atoms with E-state index in [2.05, 4.69) is 5.32 Å². The van der Waals surface area contributed by atoms with Gasteiger partial charge in [0.1, 0.15) is 12.6 Å². The summed E-state index contributed by atoms with van der Waals surface area (Å²) in [6.07, 6.45) is 1.31. The van der Waals surface area contributed by atoms with Crippen molar-refractivity contribution in [3.05, 3.63) is 62.6 Å². The second kappa shape index (κ2) is 13.0. The van der Waals surface area contributed by atoms with Crippen LogP contribution in [0.3, 0.4) is 0 Å².